The van der Waals surface area contributed by atoms with Crippen LogP contribution < -0.4 is 9.47 Å². The van der Waals surface area contributed by atoms with Gasteiger partial charge < -0.3 is 14.2 Å². The quantitative estimate of drug-likeness (QED) is 0.294. The van der Waals surface area contributed by atoms with E-state index in [1.54, 1.807) is 49.6 Å². The van der Waals surface area contributed by atoms with Crippen molar-refractivity contribution in [2.45, 2.75) is 45.4 Å². The fourth-order valence-electron chi connectivity index (χ4n) is 2.71. The third-order valence-electron chi connectivity index (χ3n) is 4.34. The van der Waals surface area contributed by atoms with Gasteiger partial charge in [0.05, 0.1) is 24.8 Å². The average molecular weight is 384 g/mol. The first kappa shape index (κ1) is 21.5. The van der Waals surface area contributed by atoms with Gasteiger partial charge in [-0.2, -0.15) is 0 Å². The average Bonchev–Trinajstić information content (AvgIpc) is 2.73. The van der Waals surface area contributed by atoms with Crippen molar-refractivity contribution in [2.24, 2.45) is 0 Å². The molecule has 28 heavy (non-hydrogen) atoms. The zero-order valence-corrected chi connectivity index (χ0v) is 16.6. The van der Waals surface area contributed by atoms with Gasteiger partial charge in [-0.3, -0.25) is 0 Å². The molecule has 150 valence electrons. The summed E-state index contributed by atoms with van der Waals surface area (Å²) >= 11 is 0. The summed E-state index contributed by atoms with van der Waals surface area (Å²) in [6.07, 6.45) is 6.77. The summed E-state index contributed by atoms with van der Waals surface area (Å²) in [6.45, 7) is 2.58. The molecule has 0 amide bonds. The predicted molar refractivity (Wildman–Crippen MR) is 108 cm³/mol. The molecule has 5 heteroatoms. The minimum Gasteiger partial charge on any atom is -0.497 e. The van der Waals surface area contributed by atoms with E-state index in [1.165, 1.54) is 25.3 Å². The molecule has 0 N–H and O–H groups in total. The van der Waals surface area contributed by atoms with Crippen LogP contribution in [0.4, 0.5) is 0 Å². The van der Waals surface area contributed by atoms with E-state index >= 15 is 0 Å². The van der Waals surface area contributed by atoms with Gasteiger partial charge in [-0.25, -0.2) is 9.59 Å². The summed E-state index contributed by atoms with van der Waals surface area (Å²) in [5.74, 6) is 0.125. The lowest BCUT2D eigenvalue weighted by Gasteiger charge is -2.08. The van der Waals surface area contributed by atoms with Crippen molar-refractivity contribution in [1.29, 1.82) is 0 Å². The summed E-state index contributed by atoms with van der Waals surface area (Å²) in [5.41, 5.74) is 0.639. The second-order valence-electron chi connectivity index (χ2n) is 6.55. The smallest absolute Gasteiger partial charge is 0.343 e. The molecule has 0 fully saturated rings. The molecule has 5 nitrogen and oxygen atoms in total. The topological polar surface area (TPSA) is 61.8 Å². The normalized spacial score (nSPS) is 10.4. The molecule has 0 saturated carbocycles. The Morgan fingerprint density at radius 1 is 0.786 bits per heavy atom. The Labute approximate surface area is 166 Å². The minimum atomic E-state index is -0.532. The van der Waals surface area contributed by atoms with Crippen LogP contribution >= 0.6 is 0 Å². The fourth-order valence-corrected chi connectivity index (χ4v) is 2.71. The van der Waals surface area contributed by atoms with E-state index in [4.69, 9.17) is 14.2 Å². The molecule has 0 aliphatic heterocycles. The number of unbranched alkanes of at least 4 members (excludes halogenated alkanes) is 5. The Kier molecular flexibility index (Phi) is 9.05. The van der Waals surface area contributed by atoms with Crippen molar-refractivity contribution in [3.63, 3.8) is 0 Å². The molecule has 2 aromatic rings. The molecular formula is C23H28O5. The van der Waals surface area contributed by atoms with Gasteiger partial charge >= 0.3 is 11.9 Å². The van der Waals surface area contributed by atoms with Crippen molar-refractivity contribution in [3.05, 3.63) is 59.7 Å². The molecule has 0 unspecified atom stereocenters. The first-order valence-electron chi connectivity index (χ1n) is 9.77. The summed E-state index contributed by atoms with van der Waals surface area (Å²) in [7, 11) is 1.57. The molecule has 0 spiro atoms. The fraction of sp³-hybridized carbons (Fsp3) is 0.391. The molecule has 2 aromatic carbocycles. The number of hydrogen-bond acceptors (Lipinski definition) is 5. The Morgan fingerprint density at radius 2 is 1.39 bits per heavy atom. The highest BCUT2D eigenvalue weighted by atomic mass is 16.5. The van der Waals surface area contributed by atoms with Crippen LogP contribution in [0.5, 0.6) is 11.5 Å². The van der Waals surface area contributed by atoms with Gasteiger partial charge in [0.25, 0.3) is 0 Å². The highest BCUT2D eigenvalue weighted by molar-refractivity contribution is 5.96. The van der Waals surface area contributed by atoms with Gasteiger partial charge in [0.2, 0.25) is 0 Å². The lowest BCUT2D eigenvalue weighted by Crippen LogP contribution is -2.11. The summed E-state index contributed by atoms with van der Waals surface area (Å²) < 4.78 is 15.7. The lowest BCUT2D eigenvalue weighted by molar-refractivity contribution is 0.0497. The van der Waals surface area contributed by atoms with Crippen LogP contribution in [-0.4, -0.2) is 25.7 Å². The highest BCUT2D eigenvalue weighted by Crippen LogP contribution is 2.18. The third kappa shape index (κ3) is 7.06. The summed E-state index contributed by atoms with van der Waals surface area (Å²) in [4.78, 5) is 24.5. The molecule has 0 aliphatic rings. The van der Waals surface area contributed by atoms with Crippen LogP contribution in [0.25, 0.3) is 0 Å². The third-order valence-corrected chi connectivity index (χ3v) is 4.34. The van der Waals surface area contributed by atoms with Gasteiger partial charge in [0.15, 0.2) is 0 Å². The number of carbonyl (C=O) groups excluding carboxylic acids is 2. The minimum absolute atomic E-state index is 0.296. The van der Waals surface area contributed by atoms with Crippen molar-refractivity contribution in [2.75, 3.05) is 13.7 Å². The van der Waals surface area contributed by atoms with Crippen molar-refractivity contribution in [1.82, 2.24) is 0 Å². The van der Waals surface area contributed by atoms with Gasteiger partial charge in [0, 0.05) is 0 Å². The molecule has 0 aliphatic carbocycles. The lowest BCUT2D eigenvalue weighted by atomic mass is 10.1. The number of ether oxygens (including phenoxy) is 3. The molecule has 2 rings (SSSR count). The summed E-state index contributed by atoms with van der Waals surface area (Å²) in [6, 6.07) is 13.1. The van der Waals surface area contributed by atoms with Crippen LogP contribution in [0.15, 0.2) is 48.5 Å². The molecule has 0 atom stereocenters. The first-order chi connectivity index (χ1) is 13.6. The van der Waals surface area contributed by atoms with Crippen LogP contribution in [-0.2, 0) is 4.74 Å². The van der Waals surface area contributed by atoms with E-state index in [9.17, 15) is 9.59 Å². The Hall–Kier alpha value is -2.82. The van der Waals surface area contributed by atoms with Crippen LogP contribution in [0.1, 0.15) is 66.2 Å². The Bertz CT molecular complexity index is 752. The molecule has 0 bridgehead atoms. The van der Waals surface area contributed by atoms with Gasteiger partial charge in [-0.15, -0.1) is 0 Å². The molecular weight excluding hydrogens is 356 g/mol. The van der Waals surface area contributed by atoms with Crippen LogP contribution in [0, 0.1) is 0 Å². The number of hydrogen-bond donors (Lipinski definition) is 0. The number of methoxy groups -OCH3 is 1. The highest BCUT2D eigenvalue weighted by Gasteiger charge is 2.13. The second-order valence-corrected chi connectivity index (χ2v) is 6.55. The Morgan fingerprint density at radius 3 is 2.07 bits per heavy atom. The van der Waals surface area contributed by atoms with Crippen molar-refractivity contribution in [3.8, 4) is 11.5 Å². The second kappa shape index (κ2) is 11.8. The SMILES string of the molecule is CCCCCCCCOC(=O)c1cccc(C(=O)Oc2ccc(OC)cc2)c1. The number of esters is 2. The van der Waals surface area contributed by atoms with Crippen LogP contribution in [0.3, 0.4) is 0 Å². The largest absolute Gasteiger partial charge is 0.497 e. The van der Waals surface area contributed by atoms with E-state index < -0.39 is 11.9 Å². The maximum atomic E-state index is 12.3. The molecule has 0 heterocycles. The number of carbonyl (C=O) groups is 2. The van der Waals surface area contributed by atoms with E-state index in [2.05, 4.69) is 6.92 Å². The predicted octanol–water partition coefficient (Wildman–Crippen LogP) is 5.43. The molecule has 0 aromatic heterocycles. The van der Waals surface area contributed by atoms with E-state index in [1.807, 2.05) is 0 Å². The standard InChI is InChI=1S/C23H28O5/c1-3-4-5-6-7-8-16-27-22(24)18-10-9-11-19(17-18)23(25)28-21-14-12-20(26-2)13-15-21/h9-15,17H,3-8,16H2,1-2H3. The first-order valence-corrected chi connectivity index (χ1v) is 9.77. The van der Waals surface area contributed by atoms with Crippen LogP contribution in [0.2, 0.25) is 0 Å². The van der Waals surface area contributed by atoms with E-state index in [0.29, 0.717) is 29.2 Å². The number of rotatable bonds is 11. The zero-order chi connectivity index (χ0) is 20.2. The van der Waals surface area contributed by atoms with Crippen molar-refractivity contribution < 1.29 is 23.8 Å². The molecule has 0 radical (unpaired) electrons. The van der Waals surface area contributed by atoms with Gasteiger partial charge in [-0.05, 0) is 48.9 Å². The van der Waals surface area contributed by atoms with E-state index in [-0.39, 0.29) is 0 Å². The van der Waals surface area contributed by atoms with E-state index in [0.717, 1.165) is 19.3 Å². The maximum Gasteiger partial charge on any atom is 0.343 e. The zero-order valence-electron chi connectivity index (χ0n) is 16.6. The Balaban J connectivity index is 1.84. The monoisotopic (exact) mass is 384 g/mol. The van der Waals surface area contributed by atoms with Crippen molar-refractivity contribution >= 4 is 11.9 Å². The van der Waals surface area contributed by atoms with Gasteiger partial charge in [0.1, 0.15) is 11.5 Å². The molecule has 0 saturated heterocycles. The maximum absolute atomic E-state index is 12.3. The van der Waals surface area contributed by atoms with Gasteiger partial charge in [-0.1, -0.05) is 45.1 Å². The number of benzene rings is 2. The summed E-state index contributed by atoms with van der Waals surface area (Å²) in [5, 5.41) is 0.